The molecule has 0 unspecified atom stereocenters. The first-order valence-corrected chi connectivity index (χ1v) is 8.02. The van der Waals surface area contributed by atoms with Crippen molar-refractivity contribution in [2.75, 3.05) is 0 Å². The zero-order valence-corrected chi connectivity index (χ0v) is 13.3. The summed E-state index contributed by atoms with van der Waals surface area (Å²) in [6.07, 6.45) is -0.568. The van der Waals surface area contributed by atoms with Crippen molar-refractivity contribution >= 4 is 22.3 Å². The van der Waals surface area contributed by atoms with Gasteiger partial charge in [-0.3, -0.25) is 10.1 Å². The minimum absolute atomic E-state index is 0.0853. The monoisotopic (exact) mass is 339 g/mol. The SMILES string of the molecule is O=C(OC(c1ccccc1)c1ccccc1)c1ccc([N+](=O)[O-])s1. The van der Waals surface area contributed by atoms with E-state index in [0.717, 1.165) is 22.5 Å². The van der Waals surface area contributed by atoms with Gasteiger partial charge in [0, 0.05) is 6.07 Å². The Morgan fingerprint density at radius 2 is 1.46 bits per heavy atom. The second kappa shape index (κ2) is 7.06. The van der Waals surface area contributed by atoms with Crippen LogP contribution in [-0.2, 0) is 4.74 Å². The molecule has 0 radical (unpaired) electrons. The molecule has 0 bridgehead atoms. The zero-order chi connectivity index (χ0) is 16.9. The lowest BCUT2D eigenvalue weighted by molar-refractivity contribution is -0.380. The van der Waals surface area contributed by atoms with Crippen LogP contribution in [0.3, 0.4) is 0 Å². The molecule has 0 fully saturated rings. The second-order valence-electron chi connectivity index (χ2n) is 5.00. The van der Waals surface area contributed by atoms with Crippen LogP contribution in [0.15, 0.2) is 72.8 Å². The second-order valence-corrected chi connectivity index (χ2v) is 6.06. The van der Waals surface area contributed by atoms with Gasteiger partial charge >= 0.3 is 11.0 Å². The smallest absolute Gasteiger partial charge is 0.349 e. The number of thiophene rings is 1. The first-order valence-electron chi connectivity index (χ1n) is 7.20. The number of carbonyl (C=O) groups is 1. The first kappa shape index (κ1) is 15.9. The molecule has 24 heavy (non-hydrogen) atoms. The summed E-state index contributed by atoms with van der Waals surface area (Å²) in [6.45, 7) is 0. The number of nitrogens with zero attached hydrogens (tertiary/aromatic N) is 1. The molecule has 0 aliphatic rings. The molecule has 0 N–H and O–H groups in total. The molecule has 0 atom stereocenters. The van der Waals surface area contributed by atoms with E-state index in [9.17, 15) is 14.9 Å². The van der Waals surface area contributed by atoms with Crippen molar-refractivity contribution in [1.82, 2.24) is 0 Å². The van der Waals surface area contributed by atoms with Crippen LogP contribution in [0, 0.1) is 10.1 Å². The lowest BCUT2D eigenvalue weighted by atomic mass is 10.0. The summed E-state index contributed by atoms with van der Waals surface area (Å²) in [5.74, 6) is -0.578. The van der Waals surface area contributed by atoms with Gasteiger partial charge in [0.25, 0.3) is 0 Å². The van der Waals surface area contributed by atoms with Crippen molar-refractivity contribution in [3.05, 3.63) is 98.9 Å². The van der Waals surface area contributed by atoms with Crippen LogP contribution in [0.25, 0.3) is 0 Å². The van der Waals surface area contributed by atoms with Gasteiger partial charge in [0.05, 0.1) is 4.92 Å². The standard InChI is InChI=1S/C18H13NO4S/c20-18(15-11-12-16(24-15)19(21)22)23-17(13-7-3-1-4-8-13)14-9-5-2-6-10-14/h1-12,17H. The molecule has 0 amide bonds. The Hall–Kier alpha value is -2.99. The van der Waals surface area contributed by atoms with Crippen molar-refractivity contribution in [3.63, 3.8) is 0 Å². The summed E-state index contributed by atoms with van der Waals surface area (Å²) in [5.41, 5.74) is 1.67. The molecule has 0 saturated heterocycles. The first-order chi connectivity index (χ1) is 11.6. The minimum Gasteiger partial charge on any atom is -0.448 e. The zero-order valence-electron chi connectivity index (χ0n) is 12.5. The fourth-order valence-electron chi connectivity index (χ4n) is 2.28. The maximum absolute atomic E-state index is 12.4. The molecular weight excluding hydrogens is 326 g/mol. The van der Waals surface area contributed by atoms with Gasteiger partial charge in [-0.15, -0.1) is 0 Å². The van der Waals surface area contributed by atoms with Crippen LogP contribution in [0.2, 0.25) is 0 Å². The van der Waals surface area contributed by atoms with Gasteiger partial charge < -0.3 is 4.74 Å². The largest absolute Gasteiger partial charge is 0.448 e. The van der Waals surface area contributed by atoms with Crippen LogP contribution < -0.4 is 0 Å². The third kappa shape index (κ3) is 3.49. The topological polar surface area (TPSA) is 69.4 Å². The minimum atomic E-state index is -0.578. The van der Waals surface area contributed by atoms with E-state index in [-0.39, 0.29) is 9.88 Å². The quantitative estimate of drug-likeness (QED) is 0.387. The van der Waals surface area contributed by atoms with E-state index >= 15 is 0 Å². The average molecular weight is 339 g/mol. The normalized spacial score (nSPS) is 10.5. The molecule has 0 spiro atoms. The predicted octanol–water partition coefficient (Wildman–Crippen LogP) is 4.60. The van der Waals surface area contributed by atoms with Gasteiger partial charge in [0.2, 0.25) is 0 Å². The number of hydrogen-bond donors (Lipinski definition) is 0. The summed E-state index contributed by atoms with van der Waals surface area (Å²) in [5, 5.41) is 10.7. The fourth-order valence-corrected chi connectivity index (χ4v) is 2.99. The Bertz CT molecular complexity index is 806. The predicted molar refractivity (Wildman–Crippen MR) is 91.1 cm³/mol. The number of nitro groups is 1. The number of rotatable bonds is 5. The number of hydrogen-bond acceptors (Lipinski definition) is 5. The Morgan fingerprint density at radius 1 is 0.917 bits per heavy atom. The van der Waals surface area contributed by atoms with E-state index in [1.807, 2.05) is 60.7 Å². The van der Waals surface area contributed by atoms with Crippen molar-refractivity contribution in [2.24, 2.45) is 0 Å². The average Bonchev–Trinajstić information content (AvgIpc) is 3.11. The van der Waals surface area contributed by atoms with E-state index < -0.39 is 17.0 Å². The molecule has 0 saturated carbocycles. The van der Waals surface area contributed by atoms with Crippen LogP contribution in [0.1, 0.15) is 26.9 Å². The highest BCUT2D eigenvalue weighted by Gasteiger charge is 2.22. The lowest BCUT2D eigenvalue weighted by Crippen LogP contribution is -2.12. The number of carbonyl (C=O) groups excluding carboxylic acids is 1. The van der Waals surface area contributed by atoms with E-state index in [0.29, 0.717) is 0 Å². The van der Waals surface area contributed by atoms with Gasteiger partial charge in [0.1, 0.15) is 4.88 Å². The maximum Gasteiger partial charge on any atom is 0.349 e. The van der Waals surface area contributed by atoms with Crippen LogP contribution >= 0.6 is 11.3 Å². The number of ether oxygens (including phenoxy) is 1. The van der Waals surface area contributed by atoms with E-state index in [1.165, 1.54) is 12.1 Å². The number of esters is 1. The highest BCUT2D eigenvalue weighted by Crippen LogP contribution is 2.30. The van der Waals surface area contributed by atoms with Gasteiger partial charge in [-0.1, -0.05) is 72.0 Å². The van der Waals surface area contributed by atoms with Gasteiger partial charge in [0.15, 0.2) is 6.10 Å². The van der Waals surface area contributed by atoms with Crippen molar-refractivity contribution < 1.29 is 14.5 Å². The van der Waals surface area contributed by atoms with E-state index in [1.54, 1.807) is 0 Å². The Morgan fingerprint density at radius 3 is 1.92 bits per heavy atom. The number of benzene rings is 2. The molecule has 2 aromatic carbocycles. The molecule has 1 aromatic heterocycles. The summed E-state index contributed by atoms with van der Waals surface area (Å²) in [6, 6.07) is 21.5. The summed E-state index contributed by atoms with van der Waals surface area (Å²) in [7, 11) is 0. The maximum atomic E-state index is 12.4. The molecule has 1 heterocycles. The highest BCUT2D eigenvalue weighted by molar-refractivity contribution is 7.17. The summed E-state index contributed by atoms with van der Waals surface area (Å²) >= 11 is 0.808. The Balaban J connectivity index is 1.89. The van der Waals surface area contributed by atoms with Crippen molar-refractivity contribution in [1.29, 1.82) is 0 Å². The van der Waals surface area contributed by atoms with Gasteiger partial charge in [-0.2, -0.15) is 0 Å². The molecule has 3 rings (SSSR count). The fraction of sp³-hybridized carbons (Fsp3) is 0.0556. The van der Waals surface area contributed by atoms with Crippen molar-refractivity contribution in [3.8, 4) is 0 Å². The van der Waals surface area contributed by atoms with Crippen LogP contribution in [0.4, 0.5) is 5.00 Å². The lowest BCUT2D eigenvalue weighted by Gasteiger charge is -2.18. The Labute approximate surface area is 142 Å². The van der Waals surface area contributed by atoms with E-state index in [2.05, 4.69) is 0 Å². The summed E-state index contributed by atoms with van der Waals surface area (Å²) in [4.78, 5) is 22.9. The molecule has 120 valence electrons. The van der Waals surface area contributed by atoms with Crippen LogP contribution in [0.5, 0.6) is 0 Å². The third-order valence-corrected chi connectivity index (χ3v) is 4.42. The third-order valence-electron chi connectivity index (χ3n) is 3.40. The summed E-state index contributed by atoms with van der Waals surface area (Å²) < 4.78 is 5.65. The molecule has 0 aliphatic carbocycles. The molecule has 3 aromatic rings. The van der Waals surface area contributed by atoms with Crippen molar-refractivity contribution in [2.45, 2.75) is 6.10 Å². The highest BCUT2D eigenvalue weighted by atomic mass is 32.1. The van der Waals surface area contributed by atoms with Gasteiger partial charge in [-0.25, -0.2) is 4.79 Å². The molecule has 6 heteroatoms. The van der Waals surface area contributed by atoms with Gasteiger partial charge in [-0.05, 0) is 17.2 Å². The Kier molecular flexibility index (Phi) is 4.67. The molecular formula is C18H13NO4S. The van der Waals surface area contributed by atoms with E-state index in [4.69, 9.17) is 4.74 Å². The molecule has 5 nitrogen and oxygen atoms in total. The molecule has 0 aliphatic heterocycles. The van der Waals surface area contributed by atoms with Crippen LogP contribution in [-0.4, -0.2) is 10.9 Å².